The van der Waals surface area contributed by atoms with E-state index in [9.17, 15) is 0 Å². The molecule has 5 heteroatoms. The highest BCUT2D eigenvalue weighted by Gasteiger charge is 2.10. The van der Waals surface area contributed by atoms with Crippen molar-refractivity contribution in [1.82, 2.24) is 10.1 Å². The third-order valence-corrected chi connectivity index (χ3v) is 3.03. The molecule has 1 heterocycles. The minimum Gasteiger partial charge on any atom is -0.395 e. The number of benzene rings is 1. The van der Waals surface area contributed by atoms with Crippen LogP contribution in [0.4, 0.5) is 0 Å². The summed E-state index contributed by atoms with van der Waals surface area (Å²) in [5.41, 5.74) is 1.87. The van der Waals surface area contributed by atoms with Gasteiger partial charge in [0.2, 0.25) is 0 Å². The molecule has 1 aromatic carbocycles. The molecule has 1 aromatic heterocycles. The Hall–Kier alpha value is -1.69. The van der Waals surface area contributed by atoms with Gasteiger partial charge < -0.3 is 14.4 Å². The smallest absolute Gasteiger partial charge is 0.167 e. The van der Waals surface area contributed by atoms with Crippen molar-refractivity contribution >= 4 is 0 Å². The van der Waals surface area contributed by atoms with Crippen molar-refractivity contribution in [3.05, 3.63) is 42.1 Å². The third-order valence-electron chi connectivity index (χ3n) is 3.03. The maximum absolute atomic E-state index is 9.07. The first-order valence-electron chi connectivity index (χ1n) is 6.66. The van der Waals surface area contributed by atoms with E-state index < -0.39 is 0 Å². The standard InChI is InChI=1S/C15H20N2O3/c1-19-10-8-17(7-9-18)12-14-11-15(20-16-14)13-5-3-2-4-6-13/h2-6,11,18H,7-10,12H2,1H3. The van der Waals surface area contributed by atoms with Gasteiger partial charge in [-0.25, -0.2) is 0 Å². The number of aliphatic hydroxyl groups excluding tert-OH is 1. The van der Waals surface area contributed by atoms with Crippen molar-refractivity contribution in [2.45, 2.75) is 6.54 Å². The molecule has 0 amide bonds. The number of ether oxygens (including phenoxy) is 1. The summed E-state index contributed by atoms with van der Waals surface area (Å²) >= 11 is 0. The fraction of sp³-hybridized carbons (Fsp3) is 0.400. The summed E-state index contributed by atoms with van der Waals surface area (Å²) in [4.78, 5) is 2.08. The summed E-state index contributed by atoms with van der Waals surface area (Å²) in [5, 5.41) is 13.2. The van der Waals surface area contributed by atoms with E-state index in [0.717, 1.165) is 23.6 Å². The molecule has 0 spiro atoms. The molecule has 0 atom stereocenters. The molecule has 0 bridgehead atoms. The van der Waals surface area contributed by atoms with E-state index in [0.29, 0.717) is 19.7 Å². The lowest BCUT2D eigenvalue weighted by Gasteiger charge is -2.19. The van der Waals surface area contributed by atoms with Crippen molar-refractivity contribution in [3.63, 3.8) is 0 Å². The van der Waals surface area contributed by atoms with E-state index in [-0.39, 0.29) is 6.61 Å². The van der Waals surface area contributed by atoms with Crippen LogP contribution in [-0.4, -0.2) is 48.6 Å². The highest BCUT2D eigenvalue weighted by molar-refractivity contribution is 5.56. The fourth-order valence-electron chi connectivity index (χ4n) is 1.99. The predicted octanol–water partition coefficient (Wildman–Crippen LogP) is 1.78. The van der Waals surface area contributed by atoms with Crippen molar-refractivity contribution in [3.8, 4) is 11.3 Å². The van der Waals surface area contributed by atoms with Gasteiger partial charge in [-0.05, 0) is 0 Å². The lowest BCUT2D eigenvalue weighted by atomic mass is 10.1. The van der Waals surface area contributed by atoms with Gasteiger partial charge in [0.1, 0.15) is 0 Å². The van der Waals surface area contributed by atoms with Gasteiger partial charge in [-0.15, -0.1) is 0 Å². The number of hydrogen-bond donors (Lipinski definition) is 1. The Morgan fingerprint density at radius 3 is 2.75 bits per heavy atom. The lowest BCUT2D eigenvalue weighted by molar-refractivity contribution is 0.125. The normalized spacial score (nSPS) is 11.2. The monoisotopic (exact) mass is 276 g/mol. The molecular weight excluding hydrogens is 256 g/mol. The molecule has 108 valence electrons. The van der Waals surface area contributed by atoms with Crippen LogP contribution < -0.4 is 0 Å². The highest BCUT2D eigenvalue weighted by Crippen LogP contribution is 2.20. The number of aliphatic hydroxyl groups is 1. The molecule has 0 aliphatic heterocycles. The van der Waals surface area contributed by atoms with Crippen LogP contribution in [0.5, 0.6) is 0 Å². The van der Waals surface area contributed by atoms with Crippen LogP contribution in [0.2, 0.25) is 0 Å². The Balaban J connectivity index is 2.00. The molecule has 2 aromatic rings. The predicted molar refractivity (Wildman–Crippen MR) is 76.2 cm³/mol. The summed E-state index contributed by atoms with van der Waals surface area (Å²) in [5.74, 6) is 0.760. The summed E-state index contributed by atoms with van der Waals surface area (Å²) in [7, 11) is 1.67. The van der Waals surface area contributed by atoms with Crippen LogP contribution in [0.25, 0.3) is 11.3 Å². The van der Waals surface area contributed by atoms with Crippen LogP contribution in [0.1, 0.15) is 5.69 Å². The average molecular weight is 276 g/mol. The Labute approximate surface area is 118 Å². The summed E-state index contributed by atoms with van der Waals surface area (Å²) in [6.07, 6.45) is 0. The number of methoxy groups -OCH3 is 1. The van der Waals surface area contributed by atoms with Gasteiger partial charge in [-0.1, -0.05) is 35.5 Å². The molecule has 1 N–H and O–H groups in total. The topological polar surface area (TPSA) is 58.7 Å². The maximum Gasteiger partial charge on any atom is 0.167 e. The third kappa shape index (κ3) is 4.16. The molecular formula is C15H20N2O3. The van der Waals surface area contributed by atoms with Gasteiger partial charge in [0.15, 0.2) is 5.76 Å². The van der Waals surface area contributed by atoms with E-state index in [1.807, 2.05) is 36.4 Å². The van der Waals surface area contributed by atoms with Gasteiger partial charge >= 0.3 is 0 Å². The Morgan fingerprint density at radius 1 is 1.25 bits per heavy atom. The quantitative estimate of drug-likeness (QED) is 0.796. The Morgan fingerprint density at radius 2 is 2.05 bits per heavy atom. The summed E-state index contributed by atoms with van der Waals surface area (Å²) in [6.45, 7) is 2.73. The molecule has 5 nitrogen and oxygen atoms in total. The maximum atomic E-state index is 9.07. The molecule has 0 radical (unpaired) electrons. The first kappa shape index (κ1) is 14.7. The van der Waals surface area contributed by atoms with Crippen molar-refractivity contribution < 1.29 is 14.4 Å². The van der Waals surface area contributed by atoms with Crippen molar-refractivity contribution in [2.24, 2.45) is 0 Å². The zero-order valence-corrected chi connectivity index (χ0v) is 11.7. The van der Waals surface area contributed by atoms with Crippen LogP contribution in [0.15, 0.2) is 40.9 Å². The van der Waals surface area contributed by atoms with E-state index in [4.69, 9.17) is 14.4 Å². The Kier molecular flexibility index (Phi) is 5.73. The SMILES string of the molecule is COCCN(CCO)Cc1cc(-c2ccccc2)on1. The second kappa shape index (κ2) is 7.79. The zero-order chi connectivity index (χ0) is 14.2. The number of nitrogens with zero attached hydrogens (tertiary/aromatic N) is 2. The molecule has 20 heavy (non-hydrogen) atoms. The van der Waals surface area contributed by atoms with Gasteiger partial charge in [0, 0.05) is 38.4 Å². The summed E-state index contributed by atoms with van der Waals surface area (Å²) < 4.78 is 10.4. The van der Waals surface area contributed by atoms with Crippen LogP contribution in [-0.2, 0) is 11.3 Å². The van der Waals surface area contributed by atoms with Crippen LogP contribution in [0, 0.1) is 0 Å². The molecule has 0 saturated carbocycles. The van der Waals surface area contributed by atoms with E-state index in [2.05, 4.69) is 10.1 Å². The van der Waals surface area contributed by atoms with Gasteiger partial charge in [-0.3, -0.25) is 4.90 Å². The van der Waals surface area contributed by atoms with Gasteiger partial charge in [0.25, 0.3) is 0 Å². The Bertz CT molecular complexity index is 499. The fourth-order valence-corrected chi connectivity index (χ4v) is 1.99. The van der Waals surface area contributed by atoms with Crippen molar-refractivity contribution in [2.75, 3.05) is 33.4 Å². The van der Waals surface area contributed by atoms with E-state index >= 15 is 0 Å². The second-order valence-corrected chi connectivity index (χ2v) is 4.54. The zero-order valence-electron chi connectivity index (χ0n) is 11.7. The average Bonchev–Trinajstić information content (AvgIpc) is 2.94. The van der Waals surface area contributed by atoms with Crippen molar-refractivity contribution in [1.29, 1.82) is 0 Å². The van der Waals surface area contributed by atoms with E-state index in [1.54, 1.807) is 7.11 Å². The lowest BCUT2D eigenvalue weighted by Crippen LogP contribution is -2.29. The first-order chi connectivity index (χ1) is 9.83. The van der Waals surface area contributed by atoms with Gasteiger partial charge in [0.05, 0.1) is 18.9 Å². The largest absolute Gasteiger partial charge is 0.395 e. The molecule has 2 rings (SSSR count). The van der Waals surface area contributed by atoms with E-state index in [1.165, 1.54) is 0 Å². The first-order valence-corrected chi connectivity index (χ1v) is 6.66. The molecule has 0 aliphatic carbocycles. The minimum absolute atomic E-state index is 0.118. The molecule has 0 fully saturated rings. The molecule has 0 aliphatic rings. The minimum atomic E-state index is 0.118. The van der Waals surface area contributed by atoms with Crippen LogP contribution >= 0.6 is 0 Å². The van der Waals surface area contributed by atoms with Gasteiger partial charge in [-0.2, -0.15) is 0 Å². The summed E-state index contributed by atoms with van der Waals surface area (Å²) in [6, 6.07) is 11.8. The molecule has 0 unspecified atom stereocenters. The number of rotatable bonds is 8. The highest BCUT2D eigenvalue weighted by atomic mass is 16.5. The number of hydrogen-bond acceptors (Lipinski definition) is 5. The number of aromatic nitrogens is 1. The van der Waals surface area contributed by atoms with Crippen LogP contribution in [0.3, 0.4) is 0 Å². The molecule has 0 saturated heterocycles. The second-order valence-electron chi connectivity index (χ2n) is 4.54.